The summed E-state index contributed by atoms with van der Waals surface area (Å²) in [6.07, 6.45) is 3.84. The molecule has 6 nitrogen and oxygen atoms in total. The minimum atomic E-state index is -3.59. The summed E-state index contributed by atoms with van der Waals surface area (Å²) in [5.74, 6) is 0.454. The van der Waals surface area contributed by atoms with Crippen molar-refractivity contribution in [1.82, 2.24) is 9.29 Å². The number of fused-ring (bicyclic) bond motifs is 1. The minimum Gasteiger partial charge on any atom is -0.494 e. The van der Waals surface area contributed by atoms with E-state index in [9.17, 15) is 8.42 Å². The summed E-state index contributed by atoms with van der Waals surface area (Å²) < 4.78 is 32.4. The standard InChI is InChI=1S/C14H17N3O3S/c1-20-12-8-16-7-10-3-2-4-13(14(10)12)21(18,19)17-6-5-11(15)9-17/h2-4,7-8,11H,5-6,9,15H2,1H3. The van der Waals surface area contributed by atoms with Gasteiger partial charge in [-0.2, -0.15) is 4.31 Å². The molecule has 1 aromatic carbocycles. The SMILES string of the molecule is COc1cncc2cccc(S(=O)(=O)N3CCC(N)C3)c12. The summed E-state index contributed by atoms with van der Waals surface area (Å²) in [5.41, 5.74) is 5.83. The molecule has 7 heteroatoms. The van der Waals surface area contributed by atoms with Crippen molar-refractivity contribution in [2.45, 2.75) is 17.4 Å². The Morgan fingerprint density at radius 3 is 2.86 bits per heavy atom. The van der Waals surface area contributed by atoms with E-state index in [0.717, 1.165) is 5.39 Å². The van der Waals surface area contributed by atoms with Crippen LogP contribution in [-0.4, -0.2) is 43.9 Å². The Morgan fingerprint density at radius 1 is 1.38 bits per heavy atom. The van der Waals surface area contributed by atoms with E-state index in [-0.39, 0.29) is 10.9 Å². The van der Waals surface area contributed by atoms with Crippen LogP contribution in [-0.2, 0) is 10.0 Å². The van der Waals surface area contributed by atoms with Crippen LogP contribution in [0.5, 0.6) is 5.75 Å². The van der Waals surface area contributed by atoms with Crippen molar-refractivity contribution in [2.24, 2.45) is 5.73 Å². The molecule has 0 amide bonds. The van der Waals surface area contributed by atoms with E-state index in [2.05, 4.69) is 4.98 Å². The predicted molar refractivity (Wildman–Crippen MR) is 79.6 cm³/mol. The van der Waals surface area contributed by atoms with Crippen molar-refractivity contribution in [1.29, 1.82) is 0 Å². The van der Waals surface area contributed by atoms with Crippen LogP contribution in [0.25, 0.3) is 10.8 Å². The largest absolute Gasteiger partial charge is 0.494 e. The summed E-state index contributed by atoms with van der Waals surface area (Å²) in [4.78, 5) is 4.31. The van der Waals surface area contributed by atoms with Gasteiger partial charge in [-0.25, -0.2) is 8.42 Å². The number of benzene rings is 1. The molecular formula is C14H17N3O3S. The zero-order valence-electron chi connectivity index (χ0n) is 11.7. The van der Waals surface area contributed by atoms with E-state index in [1.165, 1.54) is 17.6 Å². The molecule has 2 heterocycles. The van der Waals surface area contributed by atoms with Crippen molar-refractivity contribution >= 4 is 20.8 Å². The molecule has 1 aliphatic rings. The van der Waals surface area contributed by atoms with Crippen LogP contribution in [0.3, 0.4) is 0 Å². The van der Waals surface area contributed by atoms with Gasteiger partial charge < -0.3 is 10.5 Å². The predicted octanol–water partition coefficient (Wildman–Crippen LogP) is 0.965. The molecule has 0 spiro atoms. The Balaban J connectivity index is 2.20. The van der Waals surface area contributed by atoms with Gasteiger partial charge in [0, 0.05) is 36.1 Å². The third-order valence-corrected chi connectivity index (χ3v) is 5.64. The first-order valence-electron chi connectivity index (χ1n) is 6.70. The fourth-order valence-corrected chi connectivity index (χ4v) is 4.39. The van der Waals surface area contributed by atoms with Crippen molar-refractivity contribution in [3.63, 3.8) is 0 Å². The van der Waals surface area contributed by atoms with E-state index >= 15 is 0 Å². The van der Waals surface area contributed by atoms with Gasteiger partial charge >= 0.3 is 0 Å². The van der Waals surface area contributed by atoms with Gasteiger partial charge in [0.05, 0.1) is 18.2 Å². The summed E-state index contributed by atoms with van der Waals surface area (Å²) in [6, 6.07) is 5.04. The number of hydrogen-bond acceptors (Lipinski definition) is 5. The zero-order valence-corrected chi connectivity index (χ0v) is 12.5. The quantitative estimate of drug-likeness (QED) is 0.913. The molecule has 1 fully saturated rings. The van der Waals surface area contributed by atoms with Crippen LogP contribution in [0.4, 0.5) is 0 Å². The lowest BCUT2D eigenvalue weighted by Crippen LogP contribution is -2.32. The number of nitrogens with zero attached hydrogens (tertiary/aromatic N) is 2. The van der Waals surface area contributed by atoms with E-state index in [4.69, 9.17) is 10.5 Å². The summed E-state index contributed by atoms with van der Waals surface area (Å²) in [7, 11) is -2.08. The molecule has 0 aliphatic carbocycles. The maximum Gasteiger partial charge on any atom is 0.243 e. The maximum atomic E-state index is 12.9. The molecular weight excluding hydrogens is 290 g/mol. The van der Waals surface area contributed by atoms with Crippen molar-refractivity contribution < 1.29 is 13.2 Å². The first-order valence-corrected chi connectivity index (χ1v) is 8.14. The average Bonchev–Trinajstić information content (AvgIpc) is 2.93. The second-order valence-corrected chi connectivity index (χ2v) is 7.01. The van der Waals surface area contributed by atoms with E-state index in [1.54, 1.807) is 18.3 Å². The lowest BCUT2D eigenvalue weighted by molar-refractivity contribution is 0.417. The van der Waals surface area contributed by atoms with Gasteiger partial charge in [0.2, 0.25) is 10.0 Å². The highest BCUT2D eigenvalue weighted by Crippen LogP contribution is 2.33. The Kier molecular flexibility index (Phi) is 3.56. The normalized spacial score (nSPS) is 20.0. The van der Waals surface area contributed by atoms with Crippen molar-refractivity contribution in [3.05, 3.63) is 30.6 Å². The third kappa shape index (κ3) is 2.37. The Labute approximate surface area is 123 Å². The fraction of sp³-hybridized carbons (Fsp3) is 0.357. The van der Waals surface area contributed by atoms with Crippen LogP contribution < -0.4 is 10.5 Å². The van der Waals surface area contributed by atoms with Crippen LogP contribution >= 0.6 is 0 Å². The monoisotopic (exact) mass is 307 g/mol. The highest BCUT2D eigenvalue weighted by atomic mass is 32.2. The lowest BCUT2D eigenvalue weighted by Gasteiger charge is -2.18. The number of pyridine rings is 1. The highest BCUT2D eigenvalue weighted by molar-refractivity contribution is 7.89. The summed E-state index contributed by atoms with van der Waals surface area (Å²) >= 11 is 0. The van der Waals surface area contributed by atoms with Gasteiger partial charge in [-0.3, -0.25) is 4.98 Å². The van der Waals surface area contributed by atoms with Crippen LogP contribution in [0.1, 0.15) is 6.42 Å². The molecule has 3 rings (SSSR count). The van der Waals surface area contributed by atoms with Crippen molar-refractivity contribution in [3.8, 4) is 5.75 Å². The highest BCUT2D eigenvalue weighted by Gasteiger charge is 2.32. The maximum absolute atomic E-state index is 12.9. The van der Waals surface area contributed by atoms with Gasteiger partial charge in [-0.1, -0.05) is 12.1 Å². The first kappa shape index (κ1) is 14.2. The summed E-state index contributed by atoms with van der Waals surface area (Å²) in [5, 5.41) is 1.30. The van der Waals surface area contributed by atoms with E-state index < -0.39 is 10.0 Å². The lowest BCUT2D eigenvalue weighted by atomic mass is 10.2. The molecule has 112 valence electrons. The van der Waals surface area contributed by atoms with Gasteiger partial charge in [-0.15, -0.1) is 0 Å². The number of nitrogens with two attached hydrogens (primary N) is 1. The Morgan fingerprint density at radius 2 is 2.19 bits per heavy atom. The topological polar surface area (TPSA) is 85.5 Å². The Bertz CT molecular complexity index is 771. The average molecular weight is 307 g/mol. The Hall–Kier alpha value is -1.70. The molecule has 1 atom stereocenters. The molecule has 1 aromatic heterocycles. The molecule has 0 bridgehead atoms. The molecule has 2 aromatic rings. The number of rotatable bonds is 3. The number of methoxy groups -OCH3 is 1. The minimum absolute atomic E-state index is 0.0988. The van der Waals surface area contributed by atoms with Crippen LogP contribution in [0, 0.1) is 0 Å². The number of sulfonamides is 1. The van der Waals surface area contributed by atoms with E-state index in [1.807, 2.05) is 6.07 Å². The smallest absolute Gasteiger partial charge is 0.243 e. The number of aromatic nitrogens is 1. The van der Waals surface area contributed by atoms with Gasteiger partial charge in [0.1, 0.15) is 5.75 Å². The molecule has 2 N–H and O–H groups in total. The van der Waals surface area contributed by atoms with Crippen LogP contribution in [0.15, 0.2) is 35.5 Å². The zero-order chi connectivity index (χ0) is 15.0. The third-order valence-electron chi connectivity index (χ3n) is 3.74. The summed E-state index contributed by atoms with van der Waals surface area (Å²) in [6.45, 7) is 0.805. The molecule has 1 aliphatic heterocycles. The van der Waals surface area contributed by atoms with Crippen molar-refractivity contribution in [2.75, 3.05) is 20.2 Å². The fourth-order valence-electron chi connectivity index (χ4n) is 2.65. The van der Waals surface area contributed by atoms with Gasteiger partial charge in [0.25, 0.3) is 0 Å². The van der Waals surface area contributed by atoms with Crippen LogP contribution in [0.2, 0.25) is 0 Å². The van der Waals surface area contributed by atoms with E-state index in [0.29, 0.717) is 30.6 Å². The molecule has 21 heavy (non-hydrogen) atoms. The van der Waals surface area contributed by atoms with Gasteiger partial charge in [-0.05, 0) is 12.5 Å². The number of hydrogen-bond donors (Lipinski definition) is 1. The first-order chi connectivity index (χ1) is 10.0. The molecule has 1 saturated heterocycles. The molecule has 1 unspecified atom stereocenters. The second kappa shape index (κ2) is 5.25. The molecule has 0 radical (unpaired) electrons. The second-order valence-electron chi connectivity index (χ2n) is 5.11. The van der Waals surface area contributed by atoms with Gasteiger partial charge in [0.15, 0.2) is 0 Å². The number of ether oxygens (including phenoxy) is 1. The molecule has 0 saturated carbocycles.